The Kier molecular flexibility index (Phi) is 19.8. The van der Waals surface area contributed by atoms with Crippen LogP contribution in [0.1, 0.15) is 72.1 Å². The molecule has 0 aliphatic rings. The molecule has 0 rings (SSSR count). The van der Waals surface area contributed by atoms with Crippen LogP contribution in [0.2, 0.25) is 0 Å². The molecule has 0 aliphatic carbocycles. The summed E-state index contributed by atoms with van der Waals surface area (Å²) in [6, 6.07) is 0. The van der Waals surface area contributed by atoms with Crippen LogP contribution in [-0.4, -0.2) is 18.3 Å². The third-order valence-electron chi connectivity index (χ3n) is 2.71. The largest absolute Gasteiger partial charge is 0.396 e. The maximum atomic E-state index is 8.37. The van der Waals surface area contributed by atoms with Gasteiger partial charge in [-0.3, -0.25) is 0 Å². The SMILES string of the molecule is CCCCCCCO.CCCC[C@@H](C)CN. The highest BCUT2D eigenvalue weighted by Crippen LogP contribution is 2.04. The van der Waals surface area contributed by atoms with Gasteiger partial charge in [0.05, 0.1) is 0 Å². The van der Waals surface area contributed by atoms with E-state index in [2.05, 4.69) is 20.8 Å². The number of hydrogen-bond donors (Lipinski definition) is 2. The molecule has 0 saturated heterocycles. The molecular formula is C14H33NO. The zero-order chi connectivity index (χ0) is 12.6. The molecule has 0 radical (unpaired) electrons. The van der Waals surface area contributed by atoms with E-state index >= 15 is 0 Å². The second-order valence-corrected chi connectivity index (χ2v) is 4.62. The Balaban J connectivity index is 0. The number of aliphatic hydroxyl groups is 1. The van der Waals surface area contributed by atoms with Gasteiger partial charge in [-0.2, -0.15) is 0 Å². The van der Waals surface area contributed by atoms with Gasteiger partial charge in [-0.1, -0.05) is 59.3 Å². The van der Waals surface area contributed by atoms with Gasteiger partial charge in [-0.15, -0.1) is 0 Å². The summed E-state index contributed by atoms with van der Waals surface area (Å²) < 4.78 is 0. The number of aliphatic hydroxyl groups excluding tert-OH is 1. The van der Waals surface area contributed by atoms with Gasteiger partial charge in [-0.25, -0.2) is 0 Å². The Bertz CT molecular complexity index is 101. The van der Waals surface area contributed by atoms with E-state index in [-0.39, 0.29) is 0 Å². The smallest absolute Gasteiger partial charge is 0.0431 e. The molecule has 0 amide bonds. The van der Waals surface area contributed by atoms with Crippen LogP contribution in [0.15, 0.2) is 0 Å². The lowest BCUT2D eigenvalue weighted by atomic mass is 10.1. The first-order valence-electron chi connectivity index (χ1n) is 7.03. The summed E-state index contributed by atoms with van der Waals surface area (Å²) in [4.78, 5) is 0. The van der Waals surface area contributed by atoms with E-state index in [1.807, 2.05) is 0 Å². The standard InChI is InChI=1S/C7H17N.C7H16O/c1-3-4-5-7(2)6-8;1-2-3-4-5-6-7-8/h7H,3-6,8H2,1-2H3;8H,2-7H2,1H3/t7-;/m1./s1. The van der Waals surface area contributed by atoms with E-state index in [9.17, 15) is 0 Å². The third kappa shape index (κ3) is 19.5. The minimum absolute atomic E-state index is 0.365. The highest BCUT2D eigenvalue weighted by molar-refractivity contribution is 4.51. The molecular weight excluding hydrogens is 198 g/mol. The molecule has 0 bridgehead atoms. The average molecular weight is 231 g/mol. The first-order valence-corrected chi connectivity index (χ1v) is 7.03. The average Bonchev–Trinajstić information content (AvgIpc) is 2.32. The second kappa shape index (κ2) is 17.3. The second-order valence-electron chi connectivity index (χ2n) is 4.62. The van der Waals surface area contributed by atoms with Crippen LogP contribution in [0, 0.1) is 5.92 Å². The van der Waals surface area contributed by atoms with Gasteiger partial charge in [0.25, 0.3) is 0 Å². The summed E-state index contributed by atoms with van der Waals surface area (Å²) in [5, 5.41) is 8.37. The van der Waals surface area contributed by atoms with E-state index in [4.69, 9.17) is 10.8 Å². The molecule has 0 unspecified atom stereocenters. The molecule has 0 aromatic heterocycles. The molecule has 16 heavy (non-hydrogen) atoms. The van der Waals surface area contributed by atoms with E-state index in [1.165, 1.54) is 44.9 Å². The Labute approximate surface area is 103 Å². The van der Waals surface area contributed by atoms with E-state index in [1.54, 1.807) is 0 Å². The highest BCUT2D eigenvalue weighted by Gasteiger charge is 1.94. The summed E-state index contributed by atoms with van der Waals surface area (Å²) in [6.07, 6.45) is 10.0. The van der Waals surface area contributed by atoms with Crippen molar-refractivity contribution in [3.63, 3.8) is 0 Å². The maximum absolute atomic E-state index is 8.37. The molecule has 1 atom stereocenters. The van der Waals surface area contributed by atoms with Crippen LogP contribution < -0.4 is 5.73 Å². The molecule has 0 spiro atoms. The lowest BCUT2D eigenvalue weighted by molar-refractivity contribution is 0.282. The summed E-state index contributed by atoms with van der Waals surface area (Å²) >= 11 is 0. The fraction of sp³-hybridized carbons (Fsp3) is 1.00. The summed E-state index contributed by atoms with van der Waals surface area (Å²) in [7, 11) is 0. The van der Waals surface area contributed by atoms with Crippen molar-refractivity contribution in [2.45, 2.75) is 72.1 Å². The fourth-order valence-electron chi connectivity index (χ4n) is 1.39. The van der Waals surface area contributed by atoms with Gasteiger partial charge >= 0.3 is 0 Å². The molecule has 0 aromatic carbocycles. The van der Waals surface area contributed by atoms with Gasteiger partial charge in [0.2, 0.25) is 0 Å². The first kappa shape index (κ1) is 18.3. The summed E-state index contributed by atoms with van der Waals surface area (Å²) in [5.74, 6) is 0.731. The Morgan fingerprint density at radius 2 is 1.50 bits per heavy atom. The molecule has 0 saturated carbocycles. The van der Waals surface area contributed by atoms with Gasteiger partial charge < -0.3 is 10.8 Å². The normalized spacial score (nSPS) is 11.8. The fourth-order valence-corrected chi connectivity index (χ4v) is 1.39. The van der Waals surface area contributed by atoms with Gasteiger partial charge in [0.1, 0.15) is 0 Å². The topological polar surface area (TPSA) is 46.2 Å². The van der Waals surface area contributed by atoms with Crippen molar-refractivity contribution in [3.05, 3.63) is 0 Å². The monoisotopic (exact) mass is 231 g/mol. The van der Waals surface area contributed by atoms with E-state index in [0.717, 1.165) is 18.9 Å². The van der Waals surface area contributed by atoms with E-state index in [0.29, 0.717) is 6.61 Å². The lowest BCUT2D eigenvalue weighted by Gasteiger charge is -2.04. The van der Waals surface area contributed by atoms with Crippen LogP contribution in [0.3, 0.4) is 0 Å². The molecule has 2 heteroatoms. The van der Waals surface area contributed by atoms with Gasteiger partial charge in [0.15, 0.2) is 0 Å². The molecule has 2 nitrogen and oxygen atoms in total. The lowest BCUT2D eigenvalue weighted by Crippen LogP contribution is -2.09. The van der Waals surface area contributed by atoms with Crippen LogP contribution >= 0.6 is 0 Å². The molecule has 0 aromatic rings. The molecule has 100 valence electrons. The molecule has 3 N–H and O–H groups in total. The minimum Gasteiger partial charge on any atom is -0.396 e. The van der Waals surface area contributed by atoms with Crippen molar-refractivity contribution < 1.29 is 5.11 Å². The molecule has 0 fully saturated rings. The van der Waals surface area contributed by atoms with Gasteiger partial charge in [0, 0.05) is 6.61 Å². The van der Waals surface area contributed by atoms with Crippen LogP contribution in [-0.2, 0) is 0 Å². The highest BCUT2D eigenvalue weighted by atomic mass is 16.2. The van der Waals surface area contributed by atoms with Gasteiger partial charge in [-0.05, 0) is 25.3 Å². The minimum atomic E-state index is 0.365. The van der Waals surface area contributed by atoms with Crippen LogP contribution in [0.25, 0.3) is 0 Å². The number of rotatable bonds is 9. The van der Waals surface area contributed by atoms with E-state index < -0.39 is 0 Å². The molecule has 0 aliphatic heterocycles. The predicted molar refractivity (Wildman–Crippen MR) is 73.6 cm³/mol. The zero-order valence-corrected chi connectivity index (χ0v) is 11.7. The van der Waals surface area contributed by atoms with Crippen molar-refractivity contribution in [3.8, 4) is 0 Å². The summed E-state index contributed by atoms with van der Waals surface area (Å²) in [5.41, 5.74) is 5.41. The summed E-state index contributed by atoms with van der Waals surface area (Å²) in [6.45, 7) is 7.82. The third-order valence-corrected chi connectivity index (χ3v) is 2.71. The quantitative estimate of drug-likeness (QED) is 0.594. The first-order chi connectivity index (χ1) is 7.72. The number of unbranched alkanes of at least 4 members (excludes halogenated alkanes) is 5. The Hall–Kier alpha value is -0.0800. The van der Waals surface area contributed by atoms with Crippen molar-refractivity contribution >= 4 is 0 Å². The zero-order valence-electron chi connectivity index (χ0n) is 11.7. The van der Waals surface area contributed by atoms with Crippen LogP contribution in [0.4, 0.5) is 0 Å². The Morgan fingerprint density at radius 1 is 0.938 bits per heavy atom. The van der Waals surface area contributed by atoms with Crippen LogP contribution in [0.5, 0.6) is 0 Å². The Morgan fingerprint density at radius 3 is 1.94 bits per heavy atom. The number of hydrogen-bond acceptors (Lipinski definition) is 2. The van der Waals surface area contributed by atoms with Crippen molar-refractivity contribution in [1.82, 2.24) is 0 Å². The molecule has 0 heterocycles. The van der Waals surface area contributed by atoms with Crippen molar-refractivity contribution in [1.29, 1.82) is 0 Å². The van der Waals surface area contributed by atoms with Crippen molar-refractivity contribution in [2.75, 3.05) is 13.2 Å². The predicted octanol–water partition coefficient (Wildman–Crippen LogP) is 3.72. The van der Waals surface area contributed by atoms with Crippen molar-refractivity contribution in [2.24, 2.45) is 11.7 Å². The maximum Gasteiger partial charge on any atom is 0.0431 e. The number of nitrogens with two attached hydrogens (primary N) is 1.